The standard InChI is InChI=1S/C22H26N6O2/c1-26(2)22(29)28-11-15-10-27(21-17-8-9-23-20(17)24-13-25-21)12-18(15)19(28)14-4-6-16(30-3)7-5-14/h4-9,13,15,18-19H,10-12H2,1-3H3,(H,23,24,25)/t15-,18-,19+/m1/s1. The number of aromatic nitrogens is 3. The molecule has 2 fully saturated rings. The number of aromatic amines is 1. The Labute approximate surface area is 175 Å². The highest BCUT2D eigenvalue weighted by molar-refractivity contribution is 5.87. The van der Waals surface area contributed by atoms with E-state index in [4.69, 9.17) is 4.74 Å². The fourth-order valence-corrected chi connectivity index (χ4v) is 5.01. The van der Waals surface area contributed by atoms with Crippen LogP contribution in [0, 0.1) is 11.8 Å². The Hall–Kier alpha value is -3.29. The van der Waals surface area contributed by atoms with Gasteiger partial charge < -0.3 is 24.4 Å². The molecule has 0 bridgehead atoms. The third kappa shape index (κ3) is 2.94. The molecule has 2 saturated heterocycles. The van der Waals surface area contributed by atoms with Gasteiger partial charge in [-0.3, -0.25) is 0 Å². The summed E-state index contributed by atoms with van der Waals surface area (Å²) < 4.78 is 5.32. The summed E-state index contributed by atoms with van der Waals surface area (Å²) in [5, 5.41) is 1.04. The summed E-state index contributed by atoms with van der Waals surface area (Å²) >= 11 is 0. The first-order valence-corrected chi connectivity index (χ1v) is 10.2. The minimum atomic E-state index is 0.0318. The highest BCUT2D eigenvalue weighted by atomic mass is 16.5. The Kier molecular flexibility index (Phi) is 4.49. The number of fused-ring (bicyclic) bond motifs is 2. The number of methoxy groups -OCH3 is 1. The largest absolute Gasteiger partial charge is 0.497 e. The molecular formula is C22H26N6O2. The number of likely N-dealkylation sites (tertiary alicyclic amines) is 1. The van der Waals surface area contributed by atoms with Gasteiger partial charge in [0, 0.05) is 51.8 Å². The lowest BCUT2D eigenvalue weighted by molar-refractivity contribution is 0.159. The SMILES string of the molecule is COc1ccc([C@H]2[C@@H]3CN(c4ncnc5[nH]ccc45)C[C@@H]3CN2C(=O)N(C)C)cc1. The average Bonchev–Trinajstić information content (AvgIpc) is 3.47. The monoisotopic (exact) mass is 406 g/mol. The van der Waals surface area contributed by atoms with Crippen molar-refractivity contribution < 1.29 is 9.53 Å². The van der Waals surface area contributed by atoms with Crippen LogP contribution in [0.15, 0.2) is 42.9 Å². The molecule has 0 saturated carbocycles. The summed E-state index contributed by atoms with van der Waals surface area (Å²) in [6.07, 6.45) is 3.52. The van der Waals surface area contributed by atoms with Crippen molar-refractivity contribution in [3.8, 4) is 5.75 Å². The van der Waals surface area contributed by atoms with Crippen LogP contribution in [-0.2, 0) is 0 Å². The minimum absolute atomic E-state index is 0.0318. The van der Waals surface area contributed by atoms with E-state index in [1.165, 1.54) is 0 Å². The zero-order valence-electron chi connectivity index (χ0n) is 17.4. The first kappa shape index (κ1) is 18.7. The molecule has 0 spiro atoms. The second-order valence-electron chi connectivity index (χ2n) is 8.31. The third-order valence-electron chi connectivity index (χ3n) is 6.38. The lowest BCUT2D eigenvalue weighted by atomic mass is 9.89. The van der Waals surface area contributed by atoms with Gasteiger partial charge in [0.25, 0.3) is 0 Å². The van der Waals surface area contributed by atoms with Gasteiger partial charge in [-0.25, -0.2) is 14.8 Å². The maximum atomic E-state index is 13.0. The van der Waals surface area contributed by atoms with Crippen LogP contribution in [0.4, 0.5) is 10.6 Å². The number of benzene rings is 1. The van der Waals surface area contributed by atoms with Gasteiger partial charge in [-0.15, -0.1) is 0 Å². The van der Waals surface area contributed by atoms with Crippen LogP contribution in [0.5, 0.6) is 5.75 Å². The number of rotatable bonds is 3. The quantitative estimate of drug-likeness (QED) is 0.724. The first-order chi connectivity index (χ1) is 14.6. The van der Waals surface area contributed by atoms with Crippen molar-refractivity contribution in [2.45, 2.75) is 6.04 Å². The number of hydrogen-bond acceptors (Lipinski definition) is 5. The second-order valence-corrected chi connectivity index (χ2v) is 8.31. The van der Waals surface area contributed by atoms with Gasteiger partial charge in [0.15, 0.2) is 0 Å². The highest BCUT2D eigenvalue weighted by Crippen LogP contribution is 2.46. The van der Waals surface area contributed by atoms with Crippen LogP contribution in [0.25, 0.3) is 11.0 Å². The normalized spacial score (nSPS) is 23.1. The van der Waals surface area contributed by atoms with Crippen LogP contribution in [-0.4, -0.2) is 71.6 Å². The molecule has 2 aliphatic rings. The highest BCUT2D eigenvalue weighted by Gasteiger charge is 2.50. The number of carbonyl (C=O) groups excluding carboxylic acids is 1. The Morgan fingerprint density at radius 2 is 1.93 bits per heavy atom. The number of nitrogens with zero attached hydrogens (tertiary/aromatic N) is 5. The number of anilines is 1. The van der Waals surface area contributed by atoms with Crippen LogP contribution in [0.1, 0.15) is 11.6 Å². The van der Waals surface area contributed by atoms with Crippen LogP contribution >= 0.6 is 0 Å². The minimum Gasteiger partial charge on any atom is -0.497 e. The predicted molar refractivity (Wildman–Crippen MR) is 115 cm³/mol. The van der Waals surface area contributed by atoms with E-state index in [0.717, 1.165) is 47.8 Å². The van der Waals surface area contributed by atoms with Crippen molar-refractivity contribution >= 4 is 22.9 Å². The van der Waals surface area contributed by atoms with Gasteiger partial charge in [-0.2, -0.15) is 0 Å². The fraction of sp³-hybridized carbons (Fsp3) is 0.409. The van der Waals surface area contributed by atoms with Crippen molar-refractivity contribution in [1.82, 2.24) is 24.8 Å². The van der Waals surface area contributed by atoms with Gasteiger partial charge in [-0.05, 0) is 23.8 Å². The van der Waals surface area contributed by atoms with Gasteiger partial charge in [0.05, 0.1) is 18.5 Å². The van der Waals surface area contributed by atoms with Gasteiger partial charge >= 0.3 is 6.03 Å². The molecule has 8 heteroatoms. The van der Waals surface area contributed by atoms with E-state index in [-0.39, 0.29) is 12.1 Å². The number of amides is 2. The molecular weight excluding hydrogens is 380 g/mol. The van der Waals surface area contributed by atoms with Gasteiger partial charge in [0.1, 0.15) is 23.5 Å². The number of H-pyrrole nitrogens is 1. The smallest absolute Gasteiger partial charge is 0.320 e. The summed E-state index contributed by atoms with van der Waals surface area (Å²) in [6.45, 7) is 2.48. The van der Waals surface area contributed by atoms with Crippen molar-refractivity contribution in [3.63, 3.8) is 0 Å². The number of carbonyl (C=O) groups is 1. The molecule has 0 radical (unpaired) electrons. The van der Waals surface area contributed by atoms with E-state index in [1.807, 2.05) is 43.4 Å². The molecule has 1 aromatic carbocycles. The zero-order valence-corrected chi connectivity index (χ0v) is 17.4. The van der Waals surface area contributed by atoms with E-state index in [9.17, 15) is 4.79 Å². The van der Waals surface area contributed by atoms with E-state index >= 15 is 0 Å². The molecule has 0 unspecified atom stereocenters. The van der Waals surface area contributed by atoms with E-state index in [0.29, 0.717) is 11.8 Å². The molecule has 30 heavy (non-hydrogen) atoms. The summed E-state index contributed by atoms with van der Waals surface area (Å²) in [6, 6.07) is 10.2. The topological polar surface area (TPSA) is 77.6 Å². The molecule has 156 valence electrons. The molecule has 2 aliphatic heterocycles. The number of hydrogen-bond donors (Lipinski definition) is 1. The summed E-state index contributed by atoms with van der Waals surface area (Å²) in [7, 11) is 5.30. The number of urea groups is 1. The van der Waals surface area contributed by atoms with Crippen molar-refractivity contribution in [2.24, 2.45) is 11.8 Å². The van der Waals surface area contributed by atoms with Crippen LogP contribution < -0.4 is 9.64 Å². The second kappa shape index (κ2) is 7.19. The summed E-state index contributed by atoms with van der Waals surface area (Å²) in [5.74, 6) is 2.52. The third-order valence-corrected chi connectivity index (χ3v) is 6.38. The van der Waals surface area contributed by atoms with E-state index in [2.05, 4.69) is 32.0 Å². The number of ether oxygens (including phenoxy) is 1. The lowest BCUT2D eigenvalue weighted by Crippen LogP contribution is -2.41. The Bertz CT molecular complexity index is 1060. The molecule has 8 nitrogen and oxygen atoms in total. The van der Waals surface area contributed by atoms with Crippen LogP contribution in [0.2, 0.25) is 0 Å². The van der Waals surface area contributed by atoms with Gasteiger partial charge in [-0.1, -0.05) is 12.1 Å². The van der Waals surface area contributed by atoms with Crippen molar-refractivity contribution in [1.29, 1.82) is 0 Å². The molecule has 3 atom stereocenters. The van der Waals surface area contributed by atoms with Gasteiger partial charge in [0.2, 0.25) is 0 Å². The summed E-state index contributed by atoms with van der Waals surface area (Å²) in [5.41, 5.74) is 2.00. The average molecular weight is 406 g/mol. The van der Waals surface area contributed by atoms with Crippen LogP contribution in [0.3, 0.4) is 0 Å². The van der Waals surface area contributed by atoms with Crippen molar-refractivity contribution in [3.05, 3.63) is 48.4 Å². The molecule has 4 heterocycles. The Morgan fingerprint density at radius 3 is 2.67 bits per heavy atom. The van der Waals surface area contributed by atoms with E-state index < -0.39 is 0 Å². The fourth-order valence-electron chi connectivity index (χ4n) is 5.01. The Morgan fingerprint density at radius 1 is 1.13 bits per heavy atom. The molecule has 3 aromatic rings. The molecule has 1 N–H and O–H groups in total. The lowest BCUT2D eigenvalue weighted by Gasteiger charge is -2.32. The predicted octanol–water partition coefficient (Wildman–Crippen LogP) is 2.76. The Balaban J connectivity index is 1.48. The summed E-state index contributed by atoms with van der Waals surface area (Å²) in [4.78, 5) is 31.1. The first-order valence-electron chi connectivity index (χ1n) is 10.2. The maximum Gasteiger partial charge on any atom is 0.320 e. The molecule has 2 amide bonds. The maximum absolute atomic E-state index is 13.0. The van der Waals surface area contributed by atoms with Crippen molar-refractivity contribution in [2.75, 3.05) is 45.7 Å². The van der Waals surface area contributed by atoms with E-state index in [1.54, 1.807) is 18.3 Å². The molecule has 5 rings (SSSR count). The molecule has 2 aromatic heterocycles. The number of nitrogens with one attached hydrogen (secondary N) is 1. The molecule has 0 aliphatic carbocycles. The zero-order chi connectivity index (χ0) is 20.8.